The highest BCUT2D eigenvalue weighted by molar-refractivity contribution is 5.39. The molecule has 2 aliphatic rings. The summed E-state index contributed by atoms with van der Waals surface area (Å²) >= 11 is 0. The number of para-hydroxylation sites is 1. The first-order chi connectivity index (χ1) is 8.27. The molecule has 1 saturated carbocycles. The van der Waals surface area contributed by atoms with E-state index < -0.39 is 0 Å². The Labute approximate surface area is 103 Å². The van der Waals surface area contributed by atoms with E-state index in [9.17, 15) is 0 Å². The molecule has 1 heterocycles. The zero-order valence-corrected chi connectivity index (χ0v) is 10.3. The smallest absolute Gasteiger partial charge is 0.122 e. The molecule has 0 saturated heterocycles. The van der Waals surface area contributed by atoms with E-state index in [1.807, 2.05) is 6.07 Å². The van der Waals surface area contributed by atoms with Crippen LogP contribution < -0.4 is 10.5 Å². The molecule has 1 fully saturated rings. The number of rotatable bonds is 2. The van der Waals surface area contributed by atoms with Gasteiger partial charge in [0.15, 0.2) is 0 Å². The van der Waals surface area contributed by atoms with E-state index in [0.717, 1.165) is 18.8 Å². The number of hydrogen-bond donors (Lipinski definition) is 1. The standard InChI is InChI=1S/C15H21NO/c16-15(8-4-1-5-9-15)10-12-11-17-14-7-3-2-6-13(12)14/h2-3,6-7,12H,1,4-5,8-11,16H2. The van der Waals surface area contributed by atoms with Crippen LogP contribution in [0.25, 0.3) is 0 Å². The van der Waals surface area contributed by atoms with Crippen LogP contribution in [0.4, 0.5) is 0 Å². The van der Waals surface area contributed by atoms with E-state index in [1.165, 1.54) is 37.7 Å². The highest BCUT2D eigenvalue weighted by Crippen LogP contribution is 2.41. The summed E-state index contributed by atoms with van der Waals surface area (Å²) in [4.78, 5) is 0. The minimum absolute atomic E-state index is 0.0593. The second-order valence-electron chi connectivity index (χ2n) is 5.67. The van der Waals surface area contributed by atoms with Crippen LogP contribution in [0, 0.1) is 0 Å². The highest BCUT2D eigenvalue weighted by atomic mass is 16.5. The van der Waals surface area contributed by atoms with Gasteiger partial charge in [-0.25, -0.2) is 0 Å². The van der Waals surface area contributed by atoms with Gasteiger partial charge in [-0.05, 0) is 25.3 Å². The zero-order chi connectivity index (χ0) is 11.7. The van der Waals surface area contributed by atoms with Crippen molar-refractivity contribution in [2.45, 2.75) is 50.0 Å². The van der Waals surface area contributed by atoms with Gasteiger partial charge >= 0.3 is 0 Å². The first-order valence-electron chi connectivity index (χ1n) is 6.77. The second kappa shape index (κ2) is 4.34. The third kappa shape index (κ3) is 2.19. The molecule has 0 amide bonds. The summed E-state index contributed by atoms with van der Waals surface area (Å²) < 4.78 is 5.74. The van der Waals surface area contributed by atoms with Crippen LogP contribution in [0.15, 0.2) is 24.3 Å². The van der Waals surface area contributed by atoms with Crippen LogP contribution in [-0.4, -0.2) is 12.1 Å². The van der Waals surface area contributed by atoms with E-state index in [-0.39, 0.29) is 5.54 Å². The highest BCUT2D eigenvalue weighted by Gasteiger charge is 2.34. The van der Waals surface area contributed by atoms with Gasteiger partial charge in [0.1, 0.15) is 5.75 Å². The second-order valence-corrected chi connectivity index (χ2v) is 5.67. The van der Waals surface area contributed by atoms with Gasteiger partial charge in [-0.1, -0.05) is 37.5 Å². The molecular weight excluding hydrogens is 210 g/mol. The van der Waals surface area contributed by atoms with Gasteiger partial charge in [-0.2, -0.15) is 0 Å². The molecule has 0 radical (unpaired) electrons. The quantitative estimate of drug-likeness (QED) is 0.848. The van der Waals surface area contributed by atoms with E-state index in [4.69, 9.17) is 10.5 Å². The van der Waals surface area contributed by atoms with Crippen molar-refractivity contribution in [2.75, 3.05) is 6.61 Å². The maximum absolute atomic E-state index is 6.54. The van der Waals surface area contributed by atoms with Gasteiger partial charge in [0.2, 0.25) is 0 Å². The van der Waals surface area contributed by atoms with Crippen LogP contribution in [0.1, 0.15) is 50.0 Å². The van der Waals surface area contributed by atoms with Crippen LogP contribution in [0.3, 0.4) is 0 Å². The number of ether oxygens (including phenoxy) is 1. The van der Waals surface area contributed by atoms with Crippen molar-refractivity contribution in [3.05, 3.63) is 29.8 Å². The molecule has 17 heavy (non-hydrogen) atoms. The first kappa shape index (κ1) is 11.1. The lowest BCUT2D eigenvalue weighted by Gasteiger charge is -2.35. The molecule has 1 aromatic carbocycles. The zero-order valence-electron chi connectivity index (χ0n) is 10.3. The van der Waals surface area contributed by atoms with Crippen molar-refractivity contribution in [1.82, 2.24) is 0 Å². The van der Waals surface area contributed by atoms with Gasteiger partial charge in [0.05, 0.1) is 6.61 Å². The molecule has 3 rings (SSSR count). The average Bonchev–Trinajstić information content (AvgIpc) is 2.73. The van der Waals surface area contributed by atoms with E-state index >= 15 is 0 Å². The summed E-state index contributed by atoms with van der Waals surface area (Å²) in [5, 5.41) is 0. The van der Waals surface area contributed by atoms with Crippen molar-refractivity contribution in [3.63, 3.8) is 0 Å². The monoisotopic (exact) mass is 231 g/mol. The van der Waals surface area contributed by atoms with Crippen LogP contribution in [-0.2, 0) is 0 Å². The Bertz CT molecular complexity index is 396. The summed E-state index contributed by atoms with van der Waals surface area (Å²) in [7, 11) is 0. The van der Waals surface area contributed by atoms with Crippen molar-refractivity contribution < 1.29 is 4.74 Å². The van der Waals surface area contributed by atoms with Crippen molar-refractivity contribution in [1.29, 1.82) is 0 Å². The predicted octanol–water partition coefficient (Wildman–Crippen LogP) is 3.21. The third-order valence-electron chi connectivity index (χ3n) is 4.30. The van der Waals surface area contributed by atoms with Gasteiger partial charge in [-0.3, -0.25) is 0 Å². The van der Waals surface area contributed by atoms with Gasteiger partial charge < -0.3 is 10.5 Å². The number of benzene rings is 1. The number of hydrogen-bond acceptors (Lipinski definition) is 2. The van der Waals surface area contributed by atoms with E-state index in [1.54, 1.807) is 0 Å². The Kier molecular flexibility index (Phi) is 2.83. The molecule has 1 unspecified atom stereocenters. The lowest BCUT2D eigenvalue weighted by atomic mass is 9.75. The summed E-state index contributed by atoms with van der Waals surface area (Å²) in [5.74, 6) is 1.58. The van der Waals surface area contributed by atoms with Crippen molar-refractivity contribution in [2.24, 2.45) is 5.73 Å². The van der Waals surface area contributed by atoms with Gasteiger partial charge in [-0.15, -0.1) is 0 Å². The topological polar surface area (TPSA) is 35.2 Å². The molecule has 1 aliphatic heterocycles. The van der Waals surface area contributed by atoms with E-state index in [0.29, 0.717) is 5.92 Å². The molecule has 1 aromatic rings. The summed E-state index contributed by atoms with van der Waals surface area (Å²) in [6.07, 6.45) is 7.41. The molecule has 2 heteroatoms. The molecule has 2 N–H and O–H groups in total. The Balaban J connectivity index is 1.74. The SMILES string of the molecule is NC1(CC2COc3ccccc32)CCCCC1. The molecule has 0 bridgehead atoms. The maximum Gasteiger partial charge on any atom is 0.122 e. The Morgan fingerprint density at radius 2 is 1.94 bits per heavy atom. The van der Waals surface area contributed by atoms with Gasteiger partial charge in [0, 0.05) is 17.0 Å². The predicted molar refractivity (Wildman–Crippen MR) is 69.3 cm³/mol. The minimum atomic E-state index is 0.0593. The Morgan fingerprint density at radius 1 is 1.18 bits per heavy atom. The lowest BCUT2D eigenvalue weighted by molar-refractivity contribution is 0.238. The Morgan fingerprint density at radius 3 is 2.76 bits per heavy atom. The van der Waals surface area contributed by atoms with Gasteiger partial charge in [0.25, 0.3) is 0 Å². The molecule has 0 aromatic heterocycles. The first-order valence-corrected chi connectivity index (χ1v) is 6.77. The maximum atomic E-state index is 6.54. The summed E-state index contributed by atoms with van der Waals surface area (Å²) in [6, 6.07) is 8.41. The third-order valence-corrected chi connectivity index (χ3v) is 4.30. The van der Waals surface area contributed by atoms with Crippen molar-refractivity contribution in [3.8, 4) is 5.75 Å². The van der Waals surface area contributed by atoms with Crippen LogP contribution >= 0.6 is 0 Å². The van der Waals surface area contributed by atoms with Crippen molar-refractivity contribution >= 4 is 0 Å². The molecule has 1 atom stereocenters. The largest absolute Gasteiger partial charge is 0.493 e. The van der Waals surface area contributed by atoms with Crippen LogP contribution in [0.5, 0.6) is 5.75 Å². The lowest BCUT2D eigenvalue weighted by Crippen LogP contribution is -2.43. The molecular formula is C15H21NO. The fourth-order valence-electron chi connectivity index (χ4n) is 3.35. The molecule has 92 valence electrons. The summed E-state index contributed by atoms with van der Waals surface area (Å²) in [5.41, 5.74) is 7.96. The molecule has 0 spiro atoms. The Hall–Kier alpha value is -1.02. The fourth-order valence-corrected chi connectivity index (χ4v) is 3.35. The number of fused-ring (bicyclic) bond motifs is 1. The molecule has 2 nitrogen and oxygen atoms in total. The minimum Gasteiger partial charge on any atom is -0.493 e. The van der Waals surface area contributed by atoms with E-state index in [2.05, 4.69) is 18.2 Å². The van der Waals surface area contributed by atoms with Crippen LogP contribution in [0.2, 0.25) is 0 Å². The average molecular weight is 231 g/mol. The molecule has 1 aliphatic carbocycles. The number of nitrogens with two attached hydrogens (primary N) is 1. The fraction of sp³-hybridized carbons (Fsp3) is 0.600. The summed E-state index contributed by atoms with van der Waals surface area (Å²) in [6.45, 7) is 0.818. The normalized spacial score (nSPS) is 26.3.